The molecule has 0 aromatic heterocycles. The Morgan fingerprint density at radius 1 is 0.964 bits per heavy atom. The standard InChI is InChI=1S/C22H26N2O4/c1-22(2,3)28-21(26)24-19-17-12-8-7-11-16(17)13-18(19)23-20(25)27-14-15-9-5-4-6-10-15/h4-12,18-19H,13-14H2,1-3H3,(H,23,25)(H,24,26)/t18?,19-/m1/s1. The van der Waals surface area contributed by atoms with Crippen LogP contribution >= 0.6 is 0 Å². The first-order valence-corrected chi connectivity index (χ1v) is 9.36. The van der Waals surface area contributed by atoms with Crippen LogP contribution in [0.2, 0.25) is 0 Å². The topological polar surface area (TPSA) is 76.7 Å². The van der Waals surface area contributed by atoms with E-state index in [4.69, 9.17) is 9.47 Å². The van der Waals surface area contributed by atoms with Gasteiger partial charge in [0.2, 0.25) is 0 Å². The number of ether oxygens (including phenoxy) is 2. The summed E-state index contributed by atoms with van der Waals surface area (Å²) in [5.41, 5.74) is 2.37. The van der Waals surface area contributed by atoms with Gasteiger partial charge < -0.3 is 20.1 Å². The van der Waals surface area contributed by atoms with E-state index < -0.39 is 17.8 Å². The minimum Gasteiger partial charge on any atom is -0.445 e. The molecule has 0 fully saturated rings. The van der Waals surface area contributed by atoms with Crippen LogP contribution in [0.5, 0.6) is 0 Å². The lowest BCUT2D eigenvalue weighted by molar-refractivity contribution is 0.0492. The van der Waals surface area contributed by atoms with Gasteiger partial charge in [-0.2, -0.15) is 0 Å². The van der Waals surface area contributed by atoms with Crippen molar-refractivity contribution in [3.8, 4) is 0 Å². The Hall–Kier alpha value is -3.02. The molecule has 0 heterocycles. The molecule has 1 unspecified atom stereocenters. The Morgan fingerprint density at radius 2 is 1.64 bits per heavy atom. The van der Waals surface area contributed by atoms with Crippen LogP contribution in [-0.4, -0.2) is 23.8 Å². The van der Waals surface area contributed by atoms with Crippen LogP contribution in [0.4, 0.5) is 9.59 Å². The quantitative estimate of drug-likeness (QED) is 0.835. The van der Waals surface area contributed by atoms with Crippen molar-refractivity contribution in [2.24, 2.45) is 0 Å². The molecule has 2 amide bonds. The minimum absolute atomic E-state index is 0.191. The average molecular weight is 382 g/mol. The lowest BCUT2D eigenvalue weighted by Gasteiger charge is -2.25. The molecule has 2 aromatic carbocycles. The van der Waals surface area contributed by atoms with E-state index in [1.54, 1.807) is 0 Å². The Morgan fingerprint density at radius 3 is 2.36 bits per heavy atom. The molecule has 148 valence electrons. The fourth-order valence-electron chi connectivity index (χ4n) is 3.26. The van der Waals surface area contributed by atoms with Crippen LogP contribution in [0, 0.1) is 0 Å². The summed E-state index contributed by atoms with van der Waals surface area (Å²) < 4.78 is 10.7. The summed E-state index contributed by atoms with van der Waals surface area (Å²) in [7, 11) is 0. The maximum absolute atomic E-state index is 12.3. The number of alkyl carbamates (subject to hydrolysis) is 2. The fourth-order valence-corrected chi connectivity index (χ4v) is 3.26. The van der Waals surface area contributed by atoms with E-state index in [-0.39, 0.29) is 18.7 Å². The monoisotopic (exact) mass is 382 g/mol. The van der Waals surface area contributed by atoms with Gasteiger partial charge in [-0.25, -0.2) is 9.59 Å². The maximum atomic E-state index is 12.3. The van der Waals surface area contributed by atoms with Gasteiger partial charge in [0, 0.05) is 0 Å². The van der Waals surface area contributed by atoms with Crippen molar-refractivity contribution in [3.05, 3.63) is 71.3 Å². The molecular weight excluding hydrogens is 356 g/mol. The van der Waals surface area contributed by atoms with Crippen molar-refractivity contribution in [2.45, 2.75) is 51.5 Å². The highest BCUT2D eigenvalue weighted by Crippen LogP contribution is 2.31. The number of carbonyl (C=O) groups excluding carboxylic acids is 2. The third kappa shape index (κ3) is 5.25. The van der Waals surface area contributed by atoms with Crippen molar-refractivity contribution in [1.29, 1.82) is 0 Å². The van der Waals surface area contributed by atoms with Gasteiger partial charge >= 0.3 is 12.2 Å². The van der Waals surface area contributed by atoms with Crippen LogP contribution in [0.15, 0.2) is 54.6 Å². The number of hydrogen-bond donors (Lipinski definition) is 2. The molecule has 0 aliphatic heterocycles. The van der Waals surface area contributed by atoms with Crippen molar-refractivity contribution in [2.75, 3.05) is 0 Å². The predicted molar refractivity (Wildman–Crippen MR) is 106 cm³/mol. The molecular formula is C22H26N2O4. The molecule has 1 aliphatic carbocycles. The Balaban J connectivity index is 1.65. The normalized spacial score (nSPS) is 18.1. The van der Waals surface area contributed by atoms with Crippen LogP contribution in [0.1, 0.15) is 43.5 Å². The number of benzene rings is 2. The summed E-state index contributed by atoms with van der Waals surface area (Å²) in [5, 5.41) is 5.77. The molecule has 1 aliphatic rings. The summed E-state index contributed by atoms with van der Waals surface area (Å²) in [6.07, 6.45) is -0.423. The molecule has 2 N–H and O–H groups in total. The van der Waals surface area contributed by atoms with E-state index in [1.165, 1.54) is 0 Å². The molecule has 0 saturated heterocycles. The van der Waals surface area contributed by atoms with Gasteiger partial charge in [0.15, 0.2) is 0 Å². The first kappa shape index (κ1) is 19.7. The molecule has 0 radical (unpaired) electrons. The SMILES string of the molecule is CC(C)(C)OC(=O)N[C@@H]1c2ccccc2CC1NC(=O)OCc1ccccc1. The average Bonchev–Trinajstić information content (AvgIpc) is 2.96. The summed E-state index contributed by atoms with van der Waals surface area (Å²) >= 11 is 0. The zero-order chi connectivity index (χ0) is 20.1. The molecule has 2 aromatic rings. The third-order valence-corrected chi connectivity index (χ3v) is 4.42. The summed E-state index contributed by atoms with van der Waals surface area (Å²) in [4.78, 5) is 24.6. The number of amides is 2. The van der Waals surface area contributed by atoms with Gasteiger partial charge in [0.1, 0.15) is 12.2 Å². The largest absolute Gasteiger partial charge is 0.445 e. The maximum Gasteiger partial charge on any atom is 0.408 e. The van der Waals surface area contributed by atoms with Gasteiger partial charge in [-0.1, -0.05) is 54.6 Å². The number of fused-ring (bicyclic) bond motifs is 1. The third-order valence-electron chi connectivity index (χ3n) is 4.42. The zero-order valence-corrected chi connectivity index (χ0v) is 16.4. The number of carbonyl (C=O) groups is 2. The van der Waals surface area contributed by atoms with E-state index in [2.05, 4.69) is 10.6 Å². The highest BCUT2D eigenvalue weighted by molar-refractivity contribution is 5.71. The highest BCUT2D eigenvalue weighted by atomic mass is 16.6. The van der Waals surface area contributed by atoms with Crippen molar-refractivity contribution in [3.63, 3.8) is 0 Å². The summed E-state index contributed by atoms with van der Waals surface area (Å²) in [6, 6.07) is 16.6. The van der Waals surface area contributed by atoms with E-state index in [9.17, 15) is 9.59 Å². The zero-order valence-electron chi connectivity index (χ0n) is 16.4. The Kier molecular flexibility index (Phi) is 5.87. The Bertz CT molecular complexity index is 830. The number of nitrogens with one attached hydrogen (secondary N) is 2. The minimum atomic E-state index is -0.597. The Labute approximate surface area is 165 Å². The first-order valence-electron chi connectivity index (χ1n) is 9.36. The molecule has 2 atom stereocenters. The second-order valence-corrected chi connectivity index (χ2v) is 7.84. The molecule has 0 saturated carbocycles. The summed E-state index contributed by atoms with van der Waals surface area (Å²) in [5.74, 6) is 0. The molecule has 0 bridgehead atoms. The van der Waals surface area contributed by atoms with Crippen molar-refractivity contribution in [1.82, 2.24) is 10.6 Å². The van der Waals surface area contributed by atoms with Crippen LogP contribution in [0.3, 0.4) is 0 Å². The van der Waals surface area contributed by atoms with Gasteiger partial charge in [-0.3, -0.25) is 0 Å². The molecule has 28 heavy (non-hydrogen) atoms. The molecule has 6 heteroatoms. The summed E-state index contributed by atoms with van der Waals surface area (Å²) in [6.45, 7) is 5.63. The van der Waals surface area contributed by atoms with Crippen molar-refractivity contribution < 1.29 is 19.1 Å². The number of hydrogen-bond acceptors (Lipinski definition) is 4. The van der Waals surface area contributed by atoms with Gasteiger partial charge in [-0.15, -0.1) is 0 Å². The van der Waals surface area contributed by atoms with Crippen LogP contribution < -0.4 is 10.6 Å². The van der Waals surface area contributed by atoms with Gasteiger partial charge in [0.25, 0.3) is 0 Å². The lowest BCUT2D eigenvalue weighted by Crippen LogP contribution is -2.45. The predicted octanol–water partition coefficient (Wildman–Crippen LogP) is 4.10. The first-order chi connectivity index (χ1) is 13.3. The van der Waals surface area contributed by atoms with E-state index in [1.807, 2.05) is 75.4 Å². The fraction of sp³-hybridized carbons (Fsp3) is 0.364. The van der Waals surface area contributed by atoms with Crippen LogP contribution in [-0.2, 0) is 22.5 Å². The van der Waals surface area contributed by atoms with Gasteiger partial charge in [-0.05, 0) is 43.9 Å². The molecule has 3 rings (SSSR count). The molecule has 0 spiro atoms. The second kappa shape index (κ2) is 8.33. The number of rotatable bonds is 4. The van der Waals surface area contributed by atoms with E-state index >= 15 is 0 Å². The van der Waals surface area contributed by atoms with Gasteiger partial charge in [0.05, 0.1) is 12.1 Å². The second-order valence-electron chi connectivity index (χ2n) is 7.84. The van der Waals surface area contributed by atoms with Crippen LogP contribution in [0.25, 0.3) is 0 Å². The lowest BCUT2D eigenvalue weighted by atomic mass is 10.1. The molecule has 6 nitrogen and oxygen atoms in total. The van der Waals surface area contributed by atoms with Crippen molar-refractivity contribution >= 4 is 12.2 Å². The smallest absolute Gasteiger partial charge is 0.408 e. The highest BCUT2D eigenvalue weighted by Gasteiger charge is 2.35. The van der Waals surface area contributed by atoms with E-state index in [0.717, 1.165) is 16.7 Å². The van der Waals surface area contributed by atoms with E-state index in [0.29, 0.717) is 6.42 Å².